The standard InChI is InChI=1S/C21H18O4/c22-21(23)19-8-4-5-9-20(19)25-15-14-24-18-12-10-17(11-13-18)16-6-2-1-3-7-16/h1-13H,14-15H2,(H,22,23). The van der Waals surface area contributed by atoms with Crippen LogP contribution in [0.3, 0.4) is 0 Å². The molecule has 0 aliphatic heterocycles. The highest BCUT2D eigenvalue weighted by Gasteiger charge is 2.09. The molecule has 0 aromatic heterocycles. The van der Waals surface area contributed by atoms with Crippen LogP contribution in [-0.2, 0) is 0 Å². The number of rotatable bonds is 7. The van der Waals surface area contributed by atoms with Gasteiger partial charge in [0.2, 0.25) is 0 Å². The minimum Gasteiger partial charge on any atom is -0.490 e. The Labute approximate surface area is 146 Å². The molecule has 3 rings (SSSR count). The Bertz CT molecular complexity index is 826. The number of aromatic carboxylic acids is 1. The Balaban J connectivity index is 1.52. The van der Waals surface area contributed by atoms with Crippen LogP contribution in [0.15, 0.2) is 78.9 Å². The molecule has 0 unspecified atom stereocenters. The second-order valence-electron chi connectivity index (χ2n) is 5.39. The largest absolute Gasteiger partial charge is 0.490 e. The zero-order valence-corrected chi connectivity index (χ0v) is 13.6. The zero-order valence-electron chi connectivity index (χ0n) is 13.6. The van der Waals surface area contributed by atoms with E-state index in [1.165, 1.54) is 6.07 Å². The highest BCUT2D eigenvalue weighted by Crippen LogP contribution is 2.22. The van der Waals surface area contributed by atoms with Crippen LogP contribution in [0.2, 0.25) is 0 Å². The molecule has 0 fully saturated rings. The quantitative estimate of drug-likeness (QED) is 0.646. The summed E-state index contributed by atoms with van der Waals surface area (Å²) in [5, 5.41) is 9.11. The molecule has 3 aromatic carbocycles. The van der Waals surface area contributed by atoms with Crippen molar-refractivity contribution in [1.82, 2.24) is 0 Å². The van der Waals surface area contributed by atoms with E-state index in [1.807, 2.05) is 42.5 Å². The zero-order chi connectivity index (χ0) is 17.5. The van der Waals surface area contributed by atoms with E-state index in [2.05, 4.69) is 12.1 Å². The van der Waals surface area contributed by atoms with Crippen molar-refractivity contribution in [2.45, 2.75) is 0 Å². The maximum Gasteiger partial charge on any atom is 0.339 e. The molecule has 0 bridgehead atoms. The topological polar surface area (TPSA) is 55.8 Å². The monoisotopic (exact) mass is 334 g/mol. The summed E-state index contributed by atoms with van der Waals surface area (Å²) in [6, 6.07) is 24.5. The van der Waals surface area contributed by atoms with E-state index in [0.717, 1.165) is 16.9 Å². The summed E-state index contributed by atoms with van der Waals surface area (Å²) >= 11 is 0. The van der Waals surface area contributed by atoms with E-state index < -0.39 is 5.97 Å². The van der Waals surface area contributed by atoms with E-state index in [9.17, 15) is 4.79 Å². The fourth-order valence-corrected chi connectivity index (χ4v) is 2.45. The first-order valence-corrected chi connectivity index (χ1v) is 7.97. The van der Waals surface area contributed by atoms with Gasteiger partial charge in [0.05, 0.1) is 0 Å². The van der Waals surface area contributed by atoms with Crippen LogP contribution in [0.25, 0.3) is 11.1 Å². The number of carbonyl (C=O) groups is 1. The normalized spacial score (nSPS) is 10.2. The molecule has 0 saturated heterocycles. The Kier molecular flexibility index (Phi) is 5.32. The smallest absolute Gasteiger partial charge is 0.339 e. The summed E-state index contributed by atoms with van der Waals surface area (Å²) in [5.74, 6) is 0.0841. The third-order valence-corrected chi connectivity index (χ3v) is 3.69. The second kappa shape index (κ2) is 8.02. The molecule has 3 aromatic rings. The molecular weight excluding hydrogens is 316 g/mol. The molecule has 4 heteroatoms. The van der Waals surface area contributed by atoms with Crippen molar-refractivity contribution in [3.8, 4) is 22.6 Å². The average molecular weight is 334 g/mol. The molecule has 4 nitrogen and oxygen atoms in total. The predicted molar refractivity (Wildman–Crippen MR) is 96.3 cm³/mol. The van der Waals surface area contributed by atoms with Gasteiger partial charge in [0.1, 0.15) is 30.3 Å². The van der Waals surface area contributed by atoms with Crippen LogP contribution in [0.4, 0.5) is 0 Å². The van der Waals surface area contributed by atoms with Gasteiger partial charge in [-0.25, -0.2) is 4.79 Å². The number of carboxylic acid groups (broad SMARTS) is 1. The lowest BCUT2D eigenvalue weighted by Crippen LogP contribution is -2.11. The number of ether oxygens (including phenoxy) is 2. The molecule has 0 radical (unpaired) electrons. The first-order valence-electron chi connectivity index (χ1n) is 7.97. The van der Waals surface area contributed by atoms with Crippen LogP contribution in [0, 0.1) is 0 Å². The number of para-hydroxylation sites is 1. The Morgan fingerprint density at radius 1 is 0.720 bits per heavy atom. The van der Waals surface area contributed by atoms with Crippen molar-refractivity contribution in [3.05, 3.63) is 84.4 Å². The van der Waals surface area contributed by atoms with E-state index >= 15 is 0 Å². The maximum absolute atomic E-state index is 11.1. The van der Waals surface area contributed by atoms with Gasteiger partial charge in [0.15, 0.2) is 0 Å². The third kappa shape index (κ3) is 4.38. The first kappa shape index (κ1) is 16.6. The fourth-order valence-electron chi connectivity index (χ4n) is 2.45. The number of carboxylic acids is 1. The lowest BCUT2D eigenvalue weighted by Gasteiger charge is -2.10. The lowest BCUT2D eigenvalue weighted by molar-refractivity contribution is 0.0691. The number of hydrogen-bond donors (Lipinski definition) is 1. The van der Waals surface area contributed by atoms with Gasteiger partial charge in [0, 0.05) is 0 Å². The Hall–Kier alpha value is -3.27. The molecule has 0 saturated carbocycles. The van der Waals surface area contributed by atoms with Crippen LogP contribution in [0.5, 0.6) is 11.5 Å². The third-order valence-electron chi connectivity index (χ3n) is 3.69. The summed E-state index contributed by atoms with van der Waals surface area (Å²) in [6.07, 6.45) is 0. The van der Waals surface area contributed by atoms with E-state index in [4.69, 9.17) is 14.6 Å². The van der Waals surface area contributed by atoms with Crippen molar-refractivity contribution in [2.24, 2.45) is 0 Å². The van der Waals surface area contributed by atoms with Gasteiger partial charge in [-0.05, 0) is 35.4 Å². The van der Waals surface area contributed by atoms with Crippen LogP contribution in [0.1, 0.15) is 10.4 Å². The van der Waals surface area contributed by atoms with Crippen LogP contribution < -0.4 is 9.47 Å². The van der Waals surface area contributed by atoms with E-state index in [1.54, 1.807) is 18.2 Å². The van der Waals surface area contributed by atoms with E-state index in [0.29, 0.717) is 12.4 Å². The Morgan fingerprint density at radius 2 is 1.32 bits per heavy atom. The molecule has 0 heterocycles. The Morgan fingerprint density at radius 3 is 2.04 bits per heavy atom. The van der Waals surface area contributed by atoms with E-state index in [-0.39, 0.29) is 12.2 Å². The van der Waals surface area contributed by atoms with Gasteiger partial charge in [-0.2, -0.15) is 0 Å². The summed E-state index contributed by atoms with van der Waals surface area (Å²) in [6.45, 7) is 0.601. The van der Waals surface area contributed by atoms with Gasteiger partial charge >= 0.3 is 5.97 Å². The second-order valence-corrected chi connectivity index (χ2v) is 5.39. The fraction of sp³-hybridized carbons (Fsp3) is 0.0952. The predicted octanol–water partition coefficient (Wildman–Crippen LogP) is 4.51. The van der Waals surface area contributed by atoms with Gasteiger partial charge in [0.25, 0.3) is 0 Å². The van der Waals surface area contributed by atoms with Gasteiger partial charge in [-0.15, -0.1) is 0 Å². The SMILES string of the molecule is O=C(O)c1ccccc1OCCOc1ccc(-c2ccccc2)cc1. The molecule has 0 spiro atoms. The summed E-state index contributed by atoms with van der Waals surface area (Å²) in [4.78, 5) is 11.1. The minimum absolute atomic E-state index is 0.148. The summed E-state index contributed by atoms with van der Waals surface area (Å²) in [7, 11) is 0. The van der Waals surface area contributed by atoms with Gasteiger partial charge in [-0.1, -0.05) is 54.6 Å². The van der Waals surface area contributed by atoms with Crippen LogP contribution in [-0.4, -0.2) is 24.3 Å². The van der Waals surface area contributed by atoms with Gasteiger partial charge < -0.3 is 14.6 Å². The van der Waals surface area contributed by atoms with Crippen molar-refractivity contribution < 1.29 is 19.4 Å². The molecule has 0 amide bonds. The highest BCUT2D eigenvalue weighted by atomic mass is 16.5. The molecule has 1 N–H and O–H groups in total. The van der Waals surface area contributed by atoms with Crippen LogP contribution >= 0.6 is 0 Å². The summed E-state index contributed by atoms with van der Waals surface area (Å²) < 4.78 is 11.2. The summed E-state index contributed by atoms with van der Waals surface area (Å²) in [5.41, 5.74) is 2.43. The average Bonchev–Trinajstić information content (AvgIpc) is 2.66. The molecule has 0 atom stereocenters. The lowest BCUT2D eigenvalue weighted by atomic mass is 10.1. The number of hydrogen-bond acceptors (Lipinski definition) is 3. The first-order chi connectivity index (χ1) is 12.2. The molecular formula is C21H18O4. The van der Waals surface area contributed by atoms with Gasteiger partial charge in [-0.3, -0.25) is 0 Å². The molecule has 0 aliphatic carbocycles. The van der Waals surface area contributed by atoms with Crippen molar-refractivity contribution in [1.29, 1.82) is 0 Å². The number of benzene rings is 3. The molecule has 126 valence electrons. The van der Waals surface area contributed by atoms with Crippen molar-refractivity contribution >= 4 is 5.97 Å². The highest BCUT2D eigenvalue weighted by molar-refractivity contribution is 5.90. The maximum atomic E-state index is 11.1. The minimum atomic E-state index is -1.01. The molecule has 25 heavy (non-hydrogen) atoms. The van der Waals surface area contributed by atoms with Crippen molar-refractivity contribution in [2.75, 3.05) is 13.2 Å². The molecule has 0 aliphatic rings. The van der Waals surface area contributed by atoms with Crippen molar-refractivity contribution in [3.63, 3.8) is 0 Å².